The number of rotatable bonds is 6. The first-order valence-corrected chi connectivity index (χ1v) is 8.12. The van der Waals surface area contributed by atoms with E-state index in [0.717, 1.165) is 19.6 Å². The molecule has 0 spiro atoms. The highest BCUT2D eigenvalue weighted by atomic mass is 35.5. The Balaban J connectivity index is 0.00000208. The molecule has 1 aliphatic rings. The molecule has 3 nitrogen and oxygen atoms in total. The third-order valence-electron chi connectivity index (χ3n) is 4.55. The molecule has 1 saturated heterocycles. The first kappa shape index (κ1) is 18.7. The van der Waals surface area contributed by atoms with Gasteiger partial charge in [0.25, 0.3) is 0 Å². The molecule has 2 atom stereocenters. The summed E-state index contributed by atoms with van der Waals surface area (Å²) in [5.74, 6) is 0.943. The molecule has 130 valence electrons. The quantitative estimate of drug-likeness (QED) is 0.868. The van der Waals surface area contributed by atoms with E-state index in [9.17, 15) is 4.39 Å². The Bertz CT molecular complexity index is 626. The van der Waals surface area contributed by atoms with Gasteiger partial charge in [-0.2, -0.15) is 0 Å². The van der Waals surface area contributed by atoms with Crippen LogP contribution >= 0.6 is 12.4 Å². The van der Waals surface area contributed by atoms with Crippen LogP contribution in [0.5, 0.6) is 5.75 Å². The van der Waals surface area contributed by atoms with Crippen molar-refractivity contribution in [3.63, 3.8) is 0 Å². The van der Waals surface area contributed by atoms with Crippen LogP contribution < -0.4 is 10.5 Å². The van der Waals surface area contributed by atoms with Crippen molar-refractivity contribution in [2.45, 2.75) is 5.92 Å². The molecule has 1 fully saturated rings. The zero-order valence-electron chi connectivity index (χ0n) is 13.6. The van der Waals surface area contributed by atoms with Gasteiger partial charge in [0.05, 0.1) is 0 Å². The maximum Gasteiger partial charge on any atom is 0.165 e. The summed E-state index contributed by atoms with van der Waals surface area (Å²) in [5.41, 5.74) is 7.30. The molecule has 0 unspecified atom stereocenters. The molecular weight excluding hydrogens is 327 g/mol. The van der Waals surface area contributed by atoms with E-state index in [2.05, 4.69) is 29.2 Å². The van der Waals surface area contributed by atoms with Crippen molar-refractivity contribution < 1.29 is 9.13 Å². The summed E-state index contributed by atoms with van der Waals surface area (Å²) in [4.78, 5) is 2.36. The van der Waals surface area contributed by atoms with E-state index < -0.39 is 0 Å². The minimum Gasteiger partial charge on any atom is -0.489 e. The number of hydrogen-bond acceptors (Lipinski definition) is 3. The Morgan fingerprint density at radius 1 is 1.04 bits per heavy atom. The Morgan fingerprint density at radius 3 is 2.46 bits per heavy atom. The highest BCUT2D eigenvalue weighted by molar-refractivity contribution is 5.85. The van der Waals surface area contributed by atoms with Gasteiger partial charge in [-0.3, -0.25) is 4.90 Å². The summed E-state index contributed by atoms with van der Waals surface area (Å²) in [6.45, 7) is 3.90. The number of para-hydroxylation sites is 1. The molecule has 3 rings (SSSR count). The molecule has 24 heavy (non-hydrogen) atoms. The van der Waals surface area contributed by atoms with Crippen molar-refractivity contribution >= 4 is 12.4 Å². The SMILES string of the molecule is Cl.NC[C@@H]1CN(CCOc2ccccc2F)C[C@H]1c1ccccc1. The molecule has 1 aliphatic heterocycles. The molecule has 5 heteroatoms. The average Bonchev–Trinajstić information content (AvgIpc) is 3.01. The van der Waals surface area contributed by atoms with Crippen LogP contribution in [0.3, 0.4) is 0 Å². The Labute approximate surface area is 149 Å². The van der Waals surface area contributed by atoms with Crippen LogP contribution in [0.4, 0.5) is 4.39 Å². The van der Waals surface area contributed by atoms with E-state index in [0.29, 0.717) is 30.7 Å². The van der Waals surface area contributed by atoms with Gasteiger partial charge in [0.15, 0.2) is 11.6 Å². The number of likely N-dealkylation sites (tertiary alicyclic amines) is 1. The first-order valence-electron chi connectivity index (χ1n) is 8.12. The van der Waals surface area contributed by atoms with E-state index in [1.54, 1.807) is 18.2 Å². The third-order valence-corrected chi connectivity index (χ3v) is 4.55. The predicted octanol–water partition coefficient (Wildman–Crippen LogP) is 3.30. The van der Waals surface area contributed by atoms with Crippen molar-refractivity contribution in [1.82, 2.24) is 4.90 Å². The van der Waals surface area contributed by atoms with E-state index in [4.69, 9.17) is 10.5 Å². The van der Waals surface area contributed by atoms with Crippen LogP contribution in [0.15, 0.2) is 54.6 Å². The first-order chi connectivity index (χ1) is 11.3. The van der Waals surface area contributed by atoms with Gasteiger partial charge in [0.1, 0.15) is 6.61 Å². The summed E-state index contributed by atoms with van der Waals surface area (Å²) < 4.78 is 19.1. The van der Waals surface area contributed by atoms with Crippen LogP contribution in [-0.2, 0) is 0 Å². The highest BCUT2D eigenvalue weighted by Gasteiger charge is 2.32. The lowest BCUT2D eigenvalue weighted by Crippen LogP contribution is -2.27. The van der Waals surface area contributed by atoms with E-state index in [-0.39, 0.29) is 18.2 Å². The summed E-state index contributed by atoms with van der Waals surface area (Å²) in [6.07, 6.45) is 0. The second-order valence-corrected chi connectivity index (χ2v) is 6.05. The molecular formula is C19H24ClFN2O. The lowest BCUT2D eigenvalue weighted by atomic mass is 9.89. The number of ether oxygens (including phenoxy) is 1. The second kappa shape index (κ2) is 9.02. The van der Waals surface area contributed by atoms with Gasteiger partial charge in [-0.05, 0) is 30.2 Å². The monoisotopic (exact) mass is 350 g/mol. The minimum absolute atomic E-state index is 0. The smallest absolute Gasteiger partial charge is 0.165 e. The van der Waals surface area contributed by atoms with Gasteiger partial charge in [0, 0.05) is 25.6 Å². The molecule has 2 N–H and O–H groups in total. The highest BCUT2D eigenvalue weighted by Crippen LogP contribution is 2.31. The van der Waals surface area contributed by atoms with Gasteiger partial charge < -0.3 is 10.5 Å². The van der Waals surface area contributed by atoms with Gasteiger partial charge in [0.2, 0.25) is 0 Å². The molecule has 0 bridgehead atoms. The molecule has 2 aromatic carbocycles. The molecule has 0 radical (unpaired) electrons. The fourth-order valence-corrected chi connectivity index (χ4v) is 3.31. The average molecular weight is 351 g/mol. The van der Waals surface area contributed by atoms with Crippen molar-refractivity contribution in [3.8, 4) is 5.75 Å². The van der Waals surface area contributed by atoms with Crippen molar-refractivity contribution in [2.75, 3.05) is 32.8 Å². The Morgan fingerprint density at radius 2 is 1.75 bits per heavy atom. The topological polar surface area (TPSA) is 38.5 Å². The summed E-state index contributed by atoms with van der Waals surface area (Å²) in [5, 5.41) is 0. The molecule has 0 saturated carbocycles. The Kier molecular flexibility index (Phi) is 7.03. The maximum absolute atomic E-state index is 13.5. The molecule has 0 aliphatic carbocycles. The minimum atomic E-state index is -0.309. The number of halogens is 2. The number of nitrogens with two attached hydrogens (primary N) is 1. The molecule has 1 heterocycles. The van der Waals surface area contributed by atoms with Crippen molar-refractivity contribution in [2.24, 2.45) is 11.7 Å². The zero-order chi connectivity index (χ0) is 16.1. The van der Waals surface area contributed by atoms with E-state index in [1.165, 1.54) is 11.6 Å². The van der Waals surface area contributed by atoms with Crippen LogP contribution in [0, 0.1) is 11.7 Å². The molecule has 0 aromatic heterocycles. The summed E-state index contributed by atoms with van der Waals surface area (Å²) in [6, 6.07) is 17.1. The number of hydrogen-bond donors (Lipinski definition) is 1. The summed E-state index contributed by atoms with van der Waals surface area (Å²) in [7, 11) is 0. The standard InChI is InChI=1S/C19H23FN2O.ClH/c20-18-8-4-5-9-19(18)23-11-10-22-13-16(12-21)17(14-22)15-6-2-1-3-7-15;/h1-9,16-17H,10-14,21H2;1H/t16-,17+;/m1./s1. The van der Waals surface area contributed by atoms with E-state index >= 15 is 0 Å². The second-order valence-electron chi connectivity index (χ2n) is 6.05. The van der Waals surface area contributed by atoms with Gasteiger partial charge in [-0.25, -0.2) is 4.39 Å². The largest absolute Gasteiger partial charge is 0.489 e. The van der Waals surface area contributed by atoms with Crippen LogP contribution in [0.1, 0.15) is 11.5 Å². The van der Waals surface area contributed by atoms with Gasteiger partial charge in [-0.15, -0.1) is 12.4 Å². The lowest BCUT2D eigenvalue weighted by Gasteiger charge is -2.17. The van der Waals surface area contributed by atoms with Crippen molar-refractivity contribution in [1.29, 1.82) is 0 Å². The van der Waals surface area contributed by atoms with Gasteiger partial charge in [-0.1, -0.05) is 42.5 Å². The number of nitrogens with zero attached hydrogens (tertiary/aromatic N) is 1. The van der Waals surface area contributed by atoms with Crippen LogP contribution in [0.2, 0.25) is 0 Å². The van der Waals surface area contributed by atoms with Crippen LogP contribution in [0.25, 0.3) is 0 Å². The van der Waals surface area contributed by atoms with Crippen LogP contribution in [-0.4, -0.2) is 37.7 Å². The number of benzene rings is 2. The molecule has 2 aromatic rings. The fourth-order valence-electron chi connectivity index (χ4n) is 3.31. The van der Waals surface area contributed by atoms with Gasteiger partial charge >= 0.3 is 0 Å². The lowest BCUT2D eigenvalue weighted by molar-refractivity contribution is 0.226. The molecule has 0 amide bonds. The predicted molar refractivity (Wildman–Crippen MR) is 97.3 cm³/mol. The maximum atomic E-state index is 13.5. The fraction of sp³-hybridized carbons (Fsp3) is 0.368. The zero-order valence-corrected chi connectivity index (χ0v) is 14.4. The summed E-state index contributed by atoms with van der Waals surface area (Å²) >= 11 is 0. The Hall–Kier alpha value is -1.62. The normalized spacial score (nSPS) is 20.6. The van der Waals surface area contributed by atoms with Crippen molar-refractivity contribution in [3.05, 3.63) is 66.0 Å². The van der Waals surface area contributed by atoms with E-state index in [1.807, 2.05) is 6.07 Å². The third kappa shape index (κ3) is 4.47.